The molecule has 1 unspecified atom stereocenters. The number of carbonyl (C=O) groups is 1. The molecule has 5 nitrogen and oxygen atoms in total. The highest BCUT2D eigenvalue weighted by molar-refractivity contribution is 5.99. The van der Waals surface area contributed by atoms with Gasteiger partial charge in [0.2, 0.25) is 0 Å². The molecule has 0 aromatic carbocycles. The highest BCUT2D eigenvalue weighted by Crippen LogP contribution is 2.07. The van der Waals surface area contributed by atoms with Gasteiger partial charge in [0.15, 0.2) is 5.78 Å². The molecule has 2 heterocycles. The van der Waals surface area contributed by atoms with E-state index in [2.05, 4.69) is 10.4 Å². The smallest absolute Gasteiger partial charge is 0.196 e. The van der Waals surface area contributed by atoms with Crippen LogP contribution in [0.1, 0.15) is 17.3 Å². The monoisotopic (exact) mass is 209 g/mol. The van der Waals surface area contributed by atoms with Crippen LogP contribution in [0.4, 0.5) is 0 Å². The van der Waals surface area contributed by atoms with Gasteiger partial charge in [-0.25, -0.2) is 0 Å². The minimum Gasteiger partial charge on any atom is -0.367 e. The highest BCUT2D eigenvalue weighted by Gasteiger charge is 2.23. The third-order valence-corrected chi connectivity index (χ3v) is 2.46. The molecular weight excluding hydrogens is 194 g/mol. The molecule has 1 atom stereocenters. The minimum atomic E-state index is -0.353. The van der Waals surface area contributed by atoms with E-state index in [1.807, 2.05) is 6.92 Å². The van der Waals surface area contributed by atoms with E-state index in [9.17, 15) is 4.79 Å². The van der Waals surface area contributed by atoms with Crippen LogP contribution in [0.5, 0.6) is 0 Å². The van der Waals surface area contributed by atoms with Crippen molar-refractivity contribution in [3.8, 4) is 0 Å². The lowest BCUT2D eigenvalue weighted by atomic mass is 10.1. The van der Waals surface area contributed by atoms with Gasteiger partial charge in [0.25, 0.3) is 0 Å². The molecule has 1 aromatic rings. The largest absolute Gasteiger partial charge is 0.367 e. The molecular formula is C10H15N3O2. The first-order chi connectivity index (χ1) is 7.31. The molecule has 1 fully saturated rings. The maximum atomic E-state index is 11.9. The number of hydrogen-bond donors (Lipinski definition) is 1. The Hall–Kier alpha value is -1.20. The molecule has 0 aliphatic carbocycles. The van der Waals surface area contributed by atoms with Crippen LogP contribution in [0.3, 0.4) is 0 Å². The van der Waals surface area contributed by atoms with Crippen molar-refractivity contribution in [1.29, 1.82) is 0 Å². The number of nitrogens with one attached hydrogen (secondary N) is 1. The lowest BCUT2D eigenvalue weighted by Gasteiger charge is -2.21. The standard InChI is InChI=1S/C10H15N3O2/c1-2-13-7-8(5-12-13)10(14)9-6-11-3-4-15-9/h5,7,9,11H,2-4,6H2,1H3. The molecule has 0 saturated carbocycles. The van der Waals surface area contributed by atoms with Gasteiger partial charge in [0.1, 0.15) is 6.10 Å². The molecule has 0 spiro atoms. The van der Waals surface area contributed by atoms with Gasteiger partial charge in [0, 0.05) is 25.8 Å². The van der Waals surface area contributed by atoms with Gasteiger partial charge in [-0.3, -0.25) is 9.48 Å². The fraction of sp³-hybridized carbons (Fsp3) is 0.600. The predicted molar refractivity (Wildman–Crippen MR) is 54.8 cm³/mol. The summed E-state index contributed by atoms with van der Waals surface area (Å²) in [6, 6.07) is 0. The van der Waals surface area contributed by atoms with E-state index in [0.717, 1.165) is 13.1 Å². The Balaban J connectivity index is 2.05. The molecule has 1 aliphatic heterocycles. The first kappa shape index (κ1) is 10.3. The van der Waals surface area contributed by atoms with Gasteiger partial charge >= 0.3 is 0 Å². The van der Waals surface area contributed by atoms with E-state index in [-0.39, 0.29) is 11.9 Å². The number of ketones is 1. The van der Waals surface area contributed by atoms with Crippen LogP contribution >= 0.6 is 0 Å². The van der Waals surface area contributed by atoms with Crippen LogP contribution in [-0.4, -0.2) is 41.4 Å². The lowest BCUT2D eigenvalue weighted by Crippen LogP contribution is -2.43. The van der Waals surface area contributed by atoms with Gasteiger partial charge in [0.05, 0.1) is 18.4 Å². The average Bonchev–Trinajstić information content (AvgIpc) is 2.78. The molecule has 1 N–H and O–H groups in total. The first-order valence-corrected chi connectivity index (χ1v) is 5.20. The van der Waals surface area contributed by atoms with Gasteiger partial charge in [-0.15, -0.1) is 0 Å². The zero-order valence-corrected chi connectivity index (χ0v) is 8.77. The Morgan fingerprint density at radius 1 is 1.80 bits per heavy atom. The predicted octanol–water partition coefficient (Wildman–Crippen LogP) is 0.0741. The van der Waals surface area contributed by atoms with Crippen LogP contribution in [0.15, 0.2) is 12.4 Å². The van der Waals surface area contributed by atoms with Crippen molar-refractivity contribution in [3.05, 3.63) is 18.0 Å². The molecule has 2 rings (SSSR count). The van der Waals surface area contributed by atoms with Crippen molar-refractivity contribution in [2.24, 2.45) is 0 Å². The molecule has 5 heteroatoms. The summed E-state index contributed by atoms with van der Waals surface area (Å²) in [7, 11) is 0. The molecule has 15 heavy (non-hydrogen) atoms. The molecule has 1 aliphatic rings. The van der Waals surface area contributed by atoms with E-state index >= 15 is 0 Å². The topological polar surface area (TPSA) is 56.2 Å². The molecule has 0 amide bonds. The number of morpholine rings is 1. The molecule has 0 radical (unpaired) electrons. The van der Waals surface area contributed by atoms with E-state index < -0.39 is 0 Å². The average molecular weight is 209 g/mol. The summed E-state index contributed by atoms with van der Waals surface area (Å²) in [4.78, 5) is 11.9. The second kappa shape index (κ2) is 4.55. The summed E-state index contributed by atoms with van der Waals surface area (Å²) in [6.07, 6.45) is 3.01. The number of nitrogens with zero attached hydrogens (tertiary/aromatic N) is 2. The maximum absolute atomic E-state index is 11.9. The third kappa shape index (κ3) is 2.24. The quantitative estimate of drug-likeness (QED) is 0.716. The summed E-state index contributed by atoms with van der Waals surface area (Å²) < 4.78 is 7.13. The Morgan fingerprint density at radius 2 is 2.67 bits per heavy atom. The van der Waals surface area contributed by atoms with Gasteiger partial charge in [-0.05, 0) is 6.92 Å². The normalized spacial score (nSPS) is 21.5. The van der Waals surface area contributed by atoms with E-state index in [1.165, 1.54) is 0 Å². The highest BCUT2D eigenvalue weighted by atomic mass is 16.5. The van der Waals surface area contributed by atoms with Crippen molar-refractivity contribution >= 4 is 5.78 Å². The number of Topliss-reactive ketones (excluding diaryl/α,β-unsaturated/α-hetero) is 1. The van der Waals surface area contributed by atoms with Crippen molar-refractivity contribution in [2.45, 2.75) is 19.6 Å². The van der Waals surface area contributed by atoms with Gasteiger partial charge in [-0.1, -0.05) is 0 Å². The van der Waals surface area contributed by atoms with Gasteiger partial charge < -0.3 is 10.1 Å². The van der Waals surface area contributed by atoms with E-state index in [4.69, 9.17) is 4.74 Å². The molecule has 1 saturated heterocycles. The molecule has 1 aromatic heterocycles. The Morgan fingerprint density at radius 3 is 3.27 bits per heavy atom. The SMILES string of the molecule is CCn1cc(C(=O)C2CNCCO2)cn1. The summed E-state index contributed by atoms with van der Waals surface area (Å²) in [5.74, 6) is 0.0156. The van der Waals surface area contributed by atoms with E-state index in [1.54, 1.807) is 17.1 Å². The number of aromatic nitrogens is 2. The number of aryl methyl sites for hydroxylation is 1. The summed E-state index contributed by atoms with van der Waals surface area (Å²) in [5, 5.41) is 7.20. The zero-order valence-electron chi connectivity index (χ0n) is 8.77. The van der Waals surface area contributed by atoms with Crippen LogP contribution in [-0.2, 0) is 11.3 Å². The van der Waals surface area contributed by atoms with Crippen molar-refractivity contribution in [1.82, 2.24) is 15.1 Å². The minimum absolute atomic E-state index is 0.0156. The van der Waals surface area contributed by atoms with Crippen molar-refractivity contribution in [2.75, 3.05) is 19.7 Å². The Kier molecular flexibility index (Phi) is 3.13. The molecule has 82 valence electrons. The second-order valence-electron chi connectivity index (χ2n) is 3.51. The van der Waals surface area contributed by atoms with Crippen LogP contribution in [0.25, 0.3) is 0 Å². The van der Waals surface area contributed by atoms with Gasteiger partial charge in [-0.2, -0.15) is 5.10 Å². The number of hydrogen-bond acceptors (Lipinski definition) is 4. The van der Waals surface area contributed by atoms with Crippen molar-refractivity contribution in [3.63, 3.8) is 0 Å². The van der Waals surface area contributed by atoms with Crippen LogP contribution in [0.2, 0.25) is 0 Å². The maximum Gasteiger partial charge on any atom is 0.196 e. The number of rotatable bonds is 3. The summed E-state index contributed by atoms with van der Waals surface area (Å²) in [5.41, 5.74) is 0.630. The third-order valence-electron chi connectivity index (χ3n) is 2.46. The van der Waals surface area contributed by atoms with E-state index in [0.29, 0.717) is 18.7 Å². The second-order valence-corrected chi connectivity index (χ2v) is 3.51. The zero-order chi connectivity index (χ0) is 10.7. The fourth-order valence-corrected chi connectivity index (χ4v) is 1.58. The fourth-order valence-electron chi connectivity index (χ4n) is 1.58. The first-order valence-electron chi connectivity index (χ1n) is 5.20. The summed E-state index contributed by atoms with van der Waals surface area (Å²) >= 11 is 0. The summed E-state index contributed by atoms with van der Waals surface area (Å²) in [6.45, 7) is 4.77. The lowest BCUT2D eigenvalue weighted by molar-refractivity contribution is 0.0269. The Labute approximate surface area is 88.4 Å². The number of ether oxygens (including phenoxy) is 1. The molecule has 0 bridgehead atoms. The Bertz CT molecular complexity index is 342. The van der Waals surface area contributed by atoms with Crippen LogP contribution in [0, 0.1) is 0 Å². The van der Waals surface area contributed by atoms with Crippen LogP contribution < -0.4 is 5.32 Å². The number of carbonyl (C=O) groups excluding carboxylic acids is 1. The van der Waals surface area contributed by atoms with Crippen molar-refractivity contribution < 1.29 is 9.53 Å².